The van der Waals surface area contributed by atoms with Crippen LogP contribution >= 0.6 is 11.6 Å². The lowest BCUT2D eigenvalue weighted by Gasteiger charge is -2.15. The molecule has 0 aliphatic heterocycles. The van der Waals surface area contributed by atoms with Gasteiger partial charge in [0.25, 0.3) is 0 Å². The van der Waals surface area contributed by atoms with E-state index >= 15 is 0 Å². The highest BCUT2D eigenvalue weighted by Crippen LogP contribution is 2.38. The van der Waals surface area contributed by atoms with Gasteiger partial charge in [-0.2, -0.15) is 0 Å². The summed E-state index contributed by atoms with van der Waals surface area (Å²) in [5, 5.41) is 0.617. The van der Waals surface area contributed by atoms with Crippen LogP contribution in [0.2, 0.25) is 5.02 Å². The third-order valence-corrected chi connectivity index (χ3v) is 3.65. The summed E-state index contributed by atoms with van der Waals surface area (Å²) in [6, 6.07) is 12.7. The maximum Gasteiger partial charge on any atom is 0.331 e. The Labute approximate surface area is 146 Å². The van der Waals surface area contributed by atoms with Gasteiger partial charge in [0.2, 0.25) is 0 Å². The van der Waals surface area contributed by atoms with Gasteiger partial charge < -0.3 is 14.2 Å². The monoisotopic (exact) mass is 346 g/mol. The van der Waals surface area contributed by atoms with Crippen LogP contribution in [0.3, 0.4) is 0 Å². The van der Waals surface area contributed by atoms with E-state index in [-0.39, 0.29) is 0 Å². The SMILES string of the molecule is CCOC(=O)/C=C(\c1ccc(Cl)cc1)c1cccc(OC)c1OC. The third kappa shape index (κ3) is 4.09. The van der Waals surface area contributed by atoms with Crippen LogP contribution in [0, 0.1) is 0 Å². The second kappa shape index (κ2) is 8.41. The number of benzene rings is 2. The Morgan fingerprint density at radius 2 is 1.79 bits per heavy atom. The summed E-state index contributed by atoms with van der Waals surface area (Å²) in [6.45, 7) is 2.07. The molecule has 0 heterocycles. The van der Waals surface area contributed by atoms with Crippen LogP contribution in [0.15, 0.2) is 48.5 Å². The zero-order valence-corrected chi connectivity index (χ0v) is 14.6. The number of ether oxygens (including phenoxy) is 3. The van der Waals surface area contributed by atoms with Gasteiger partial charge >= 0.3 is 5.97 Å². The highest BCUT2D eigenvalue weighted by molar-refractivity contribution is 6.30. The standard InChI is InChI=1S/C19H19ClO4/c1-4-24-18(21)12-16(13-8-10-14(20)11-9-13)15-6-5-7-17(22-2)19(15)23-3/h5-12H,4H2,1-3H3/b16-12+. The van der Waals surface area contributed by atoms with Gasteiger partial charge in [0.1, 0.15) is 0 Å². The number of methoxy groups -OCH3 is 2. The molecule has 0 saturated heterocycles. The van der Waals surface area contributed by atoms with Crippen LogP contribution < -0.4 is 9.47 Å². The molecule has 0 N–H and O–H groups in total. The number of halogens is 1. The van der Waals surface area contributed by atoms with E-state index < -0.39 is 5.97 Å². The molecule has 5 heteroatoms. The predicted molar refractivity (Wildman–Crippen MR) is 94.7 cm³/mol. The van der Waals surface area contributed by atoms with Crippen LogP contribution in [0.1, 0.15) is 18.1 Å². The van der Waals surface area contributed by atoms with Gasteiger partial charge in [0.05, 0.1) is 20.8 Å². The first-order valence-electron chi connectivity index (χ1n) is 7.46. The zero-order valence-electron chi connectivity index (χ0n) is 13.8. The fourth-order valence-electron chi connectivity index (χ4n) is 2.35. The molecule has 0 bridgehead atoms. The Balaban J connectivity index is 2.63. The second-order valence-corrected chi connectivity index (χ2v) is 5.29. The molecule has 0 spiro atoms. The Morgan fingerprint density at radius 1 is 1.08 bits per heavy atom. The van der Waals surface area contributed by atoms with Gasteiger partial charge in [-0.15, -0.1) is 0 Å². The molecule has 0 aliphatic rings. The molecule has 0 saturated carbocycles. The van der Waals surface area contributed by atoms with E-state index in [1.54, 1.807) is 39.3 Å². The van der Waals surface area contributed by atoms with E-state index in [0.717, 1.165) is 11.1 Å². The van der Waals surface area contributed by atoms with Crippen molar-refractivity contribution in [2.45, 2.75) is 6.92 Å². The van der Waals surface area contributed by atoms with Crippen molar-refractivity contribution >= 4 is 23.1 Å². The molecule has 0 aromatic heterocycles. The zero-order chi connectivity index (χ0) is 17.5. The first kappa shape index (κ1) is 17.9. The molecule has 0 fully saturated rings. The summed E-state index contributed by atoms with van der Waals surface area (Å²) in [4.78, 5) is 12.0. The van der Waals surface area contributed by atoms with Crippen LogP contribution in [0.4, 0.5) is 0 Å². The highest BCUT2D eigenvalue weighted by Gasteiger charge is 2.16. The Hall–Kier alpha value is -2.46. The summed E-state index contributed by atoms with van der Waals surface area (Å²) in [7, 11) is 3.13. The summed E-state index contributed by atoms with van der Waals surface area (Å²) < 4.78 is 15.9. The summed E-state index contributed by atoms with van der Waals surface area (Å²) in [5.74, 6) is 0.705. The molecule has 2 aromatic rings. The van der Waals surface area contributed by atoms with Crippen molar-refractivity contribution in [3.63, 3.8) is 0 Å². The number of para-hydroxylation sites is 1. The second-order valence-electron chi connectivity index (χ2n) is 4.86. The molecular weight excluding hydrogens is 328 g/mol. The average Bonchev–Trinajstić information content (AvgIpc) is 2.60. The van der Waals surface area contributed by atoms with E-state index in [1.165, 1.54) is 6.08 Å². The molecule has 126 valence electrons. The van der Waals surface area contributed by atoms with E-state index in [1.807, 2.05) is 24.3 Å². The molecule has 2 aromatic carbocycles. The van der Waals surface area contributed by atoms with Crippen molar-refractivity contribution in [3.8, 4) is 11.5 Å². The fourth-order valence-corrected chi connectivity index (χ4v) is 2.47. The van der Waals surface area contributed by atoms with E-state index in [4.69, 9.17) is 25.8 Å². The van der Waals surface area contributed by atoms with Gasteiger partial charge in [-0.25, -0.2) is 4.79 Å². The van der Waals surface area contributed by atoms with Gasteiger partial charge in [0, 0.05) is 16.7 Å². The quantitative estimate of drug-likeness (QED) is 0.576. The molecule has 0 unspecified atom stereocenters. The number of hydrogen-bond donors (Lipinski definition) is 0. The number of rotatable bonds is 6. The molecule has 0 atom stereocenters. The topological polar surface area (TPSA) is 44.8 Å². The number of carbonyl (C=O) groups is 1. The summed E-state index contributed by atoms with van der Waals surface area (Å²) in [5.41, 5.74) is 2.21. The first-order chi connectivity index (χ1) is 11.6. The van der Waals surface area contributed by atoms with Crippen LogP contribution in [-0.4, -0.2) is 26.8 Å². The number of esters is 1. The highest BCUT2D eigenvalue weighted by atomic mass is 35.5. The molecule has 0 amide bonds. The Kier molecular flexibility index (Phi) is 6.27. The summed E-state index contributed by atoms with van der Waals surface area (Å²) in [6.07, 6.45) is 1.45. The first-order valence-corrected chi connectivity index (χ1v) is 7.84. The maximum absolute atomic E-state index is 12.0. The average molecular weight is 347 g/mol. The van der Waals surface area contributed by atoms with Crippen molar-refractivity contribution in [1.29, 1.82) is 0 Å². The number of carbonyl (C=O) groups excluding carboxylic acids is 1. The predicted octanol–water partition coefficient (Wildman–Crippen LogP) is 4.35. The minimum atomic E-state index is -0.424. The van der Waals surface area contributed by atoms with Crippen molar-refractivity contribution in [1.82, 2.24) is 0 Å². The van der Waals surface area contributed by atoms with E-state index in [0.29, 0.717) is 28.7 Å². The third-order valence-electron chi connectivity index (χ3n) is 3.40. The van der Waals surface area contributed by atoms with Crippen LogP contribution in [0.5, 0.6) is 11.5 Å². The summed E-state index contributed by atoms with van der Waals surface area (Å²) >= 11 is 5.97. The molecule has 4 nitrogen and oxygen atoms in total. The van der Waals surface area contributed by atoms with Crippen LogP contribution in [0.25, 0.3) is 5.57 Å². The Bertz CT molecular complexity index is 736. The lowest BCUT2D eigenvalue weighted by molar-refractivity contribution is -0.137. The van der Waals surface area contributed by atoms with E-state index in [9.17, 15) is 4.79 Å². The van der Waals surface area contributed by atoms with Gasteiger partial charge in [-0.1, -0.05) is 35.9 Å². The minimum Gasteiger partial charge on any atom is -0.493 e. The Morgan fingerprint density at radius 3 is 2.38 bits per heavy atom. The van der Waals surface area contributed by atoms with Gasteiger partial charge in [0.15, 0.2) is 11.5 Å². The maximum atomic E-state index is 12.0. The largest absolute Gasteiger partial charge is 0.493 e. The van der Waals surface area contributed by atoms with Crippen molar-refractivity contribution in [2.75, 3.05) is 20.8 Å². The van der Waals surface area contributed by atoms with Gasteiger partial charge in [-0.3, -0.25) is 0 Å². The van der Waals surface area contributed by atoms with Crippen molar-refractivity contribution < 1.29 is 19.0 Å². The lowest BCUT2D eigenvalue weighted by Crippen LogP contribution is -2.03. The number of hydrogen-bond acceptors (Lipinski definition) is 4. The van der Waals surface area contributed by atoms with Crippen molar-refractivity contribution in [2.24, 2.45) is 0 Å². The minimum absolute atomic E-state index is 0.304. The molecular formula is C19H19ClO4. The molecule has 0 radical (unpaired) electrons. The van der Waals surface area contributed by atoms with Gasteiger partial charge in [-0.05, 0) is 36.3 Å². The molecule has 24 heavy (non-hydrogen) atoms. The molecule has 2 rings (SSSR count). The van der Waals surface area contributed by atoms with E-state index in [2.05, 4.69) is 0 Å². The van der Waals surface area contributed by atoms with Crippen LogP contribution in [-0.2, 0) is 9.53 Å². The normalized spacial score (nSPS) is 11.1. The smallest absolute Gasteiger partial charge is 0.331 e. The lowest BCUT2D eigenvalue weighted by atomic mass is 9.96. The van der Waals surface area contributed by atoms with Crippen molar-refractivity contribution in [3.05, 3.63) is 64.7 Å². The fraction of sp³-hybridized carbons (Fsp3) is 0.211. The molecule has 0 aliphatic carbocycles.